The summed E-state index contributed by atoms with van der Waals surface area (Å²) in [6.45, 7) is 3.53. The van der Waals surface area contributed by atoms with Gasteiger partial charge in [-0.1, -0.05) is 0 Å². The van der Waals surface area contributed by atoms with E-state index >= 15 is 0 Å². The molecule has 1 rings (SSSR count). The molecule has 0 aromatic carbocycles. The van der Waals surface area contributed by atoms with Gasteiger partial charge in [0.15, 0.2) is 6.23 Å². The summed E-state index contributed by atoms with van der Waals surface area (Å²) in [5, 5.41) is 0. The van der Waals surface area contributed by atoms with Crippen LogP contribution in [0, 0.1) is 0 Å². The molecule has 2 atom stereocenters. The Morgan fingerprint density at radius 1 is 1.20 bits per heavy atom. The van der Waals surface area contributed by atoms with Crippen molar-refractivity contribution in [2.24, 2.45) is 0 Å². The molecule has 2 unspecified atom stereocenters. The van der Waals surface area contributed by atoms with Crippen LogP contribution in [0.5, 0.6) is 0 Å². The zero-order chi connectivity index (χ0) is 11.4. The molecule has 0 amide bonds. The summed E-state index contributed by atoms with van der Waals surface area (Å²) in [5.41, 5.74) is 0. The molecule has 1 fully saturated rings. The maximum atomic E-state index is 10.8. The Morgan fingerprint density at radius 2 is 1.80 bits per heavy atom. The molecule has 1 aliphatic rings. The van der Waals surface area contributed by atoms with Crippen molar-refractivity contribution >= 4 is 11.9 Å². The Hall–Kier alpha value is -1.10. The molecule has 1 aliphatic heterocycles. The van der Waals surface area contributed by atoms with Gasteiger partial charge in [0.25, 0.3) is 0 Å². The van der Waals surface area contributed by atoms with Crippen LogP contribution >= 0.6 is 0 Å². The highest BCUT2D eigenvalue weighted by Gasteiger charge is 2.29. The summed E-state index contributed by atoms with van der Waals surface area (Å²) < 4.78 is 10.2. The van der Waals surface area contributed by atoms with E-state index in [9.17, 15) is 9.59 Å². The first-order valence-electron chi connectivity index (χ1n) is 5.03. The maximum absolute atomic E-state index is 10.8. The van der Waals surface area contributed by atoms with Gasteiger partial charge in [-0.2, -0.15) is 0 Å². The van der Waals surface area contributed by atoms with Crippen LogP contribution in [0.1, 0.15) is 26.7 Å². The molecule has 0 aromatic rings. The van der Waals surface area contributed by atoms with Crippen molar-refractivity contribution in [1.29, 1.82) is 0 Å². The fourth-order valence-electron chi connectivity index (χ4n) is 1.69. The highest BCUT2D eigenvalue weighted by molar-refractivity contribution is 5.66. The van der Waals surface area contributed by atoms with Gasteiger partial charge in [0.05, 0.1) is 0 Å². The quantitative estimate of drug-likeness (QED) is 0.629. The zero-order valence-corrected chi connectivity index (χ0v) is 9.36. The van der Waals surface area contributed by atoms with E-state index in [4.69, 9.17) is 9.47 Å². The predicted octanol–water partition coefficient (Wildman–Crippen LogP) is 0.533. The van der Waals surface area contributed by atoms with E-state index in [2.05, 4.69) is 0 Å². The van der Waals surface area contributed by atoms with Gasteiger partial charge < -0.3 is 9.47 Å². The summed E-state index contributed by atoms with van der Waals surface area (Å²) >= 11 is 0. The van der Waals surface area contributed by atoms with Crippen molar-refractivity contribution < 1.29 is 19.1 Å². The van der Waals surface area contributed by atoms with Crippen LogP contribution in [0.2, 0.25) is 0 Å². The van der Waals surface area contributed by atoms with Gasteiger partial charge in [-0.3, -0.25) is 14.5 Å². The van der Waals surface area contributed by atoms with Crippen LogP contribution in [-0.4, -0.2) is 42.8 Å². The van der Waals surface area contributed by atoms with Crippen molar-refractivity contribution in [3.05, 3.63) is 0 Å². The molecule has 0 radical (unpaired) electrons. The van der Waals surface area contributed by atoms with Crippen LogP contribution < -0.4 is 0 Å². The molecule has 15 heavy (non-hydrogen) atoms. The van der Waals surface area contributed by atoms with Crippen LogP contribution in [0.15, 0.2) is 0 Å². The Labute approximate surface area is 89.3 Å². The first kappa shape index (κ1) is 12.0. The van der Waals surface area contributed by atoms with Gasteiger partial charge >= 0.3 is 11.9 Å². The van der Waals surface area contributed by atoms with E-state index in [1.165, 1.54) is 13.8 Å². The summed E-state index contributed by atoms with van der Waals surface area (Å²) in [6.07, 6.45) is 0.924. The van der Waals surface area contributed by atoms with Gasteiger partial charge in [0, 0.05) is 26.8 Å². The molecular weight excluding hydrogens is 198 g/mol. The van der Waals surface area contributed by atoms with Gasteiger partial charge in [0.2, 0.25) is 0 Å². The molecule has 86 valence electrons. The average Bonchev–Trinajstić information content (AvgIpc) is 2.09. The number of hydrogen-bond acceptors (Lipinski definition) is 5. The van der Waals surface area contributed by atoms with E-state index in [1.807, 2.05) is 11.9 Å². The minimum Gasteiger partial charge on any atom is -0.462 e. The highest BCUT2D eigenvalue weighted by Crippen LogP contribution is 2.19. The summed E-state index contributed by atoms with van der Waals surface area (Å²) in [4.78, 5) is 23.6. The average molecular weight is 215 g/mol. The number of likely N-dealkylation sites (tertiary alicyclic amines) is 1. The topological polar surface area (TPSA) is 55.8 Å². The Morgan fingerprint density at radius 3 is 2.33 bits per heavy atom. The molecule has 0 spiro atoms. The van der Waals surface area contributed by atoms with E-state index in [-0.39, 0.29) is 24.3 Å². The third-order valence-electron chi connectivity index (χ3n) is 2.39. The first-order valence-corrected chi connectivity index (χ1v) is 5.03. The number of rotatable bonds is 2. The summed E-state index contributed by atoms with van der Waals surface area (Å²) in [6, 6.07) is 0. The molecule has 0 bridgehead atoms. The molecule has 0 aliphatic carbocycles. The molecule has 0 saturated carbocycles. The van der Waals surface area contributed by atoms with E-state index in [0.29, 0.717) is 6.42 Å². The smallest absolute Gasteiger partial charge is 0.304 e. The fraction of sp³-hybridized carbons (Fsp3) is 0.800. The van der Waals surface area contributed by atoms with Crippen molar-refractivity contribution in [1.82, 2.24) is 4.90 Å². The number of carbonyl (C=O) groups is 2. The van der Waals surface area contributed by atoms with Crippen molar-refractivity contribution in [3.8, 4) is 0 Å². The molecule has 0 aromatic heterocycles. The van der Waals surface area contributed by atoms with Gasteiger partial charge in [-0.05, 0) is 13.5 Å². The van der Waals surface area contributed by atoms with Crippen LogP contribution in [0.25, 0.3) is 0 Å². The molecule has 1 heterocycles. The minimum atomic E-state index is -0.310. The highest BCUT2D eigenvalue weighted by atomic mass is 16.6. The van der Waals surface area contributed by atoms with Crippen molar-refractivity contribution in [3.63, 3.8) is 0 Å². The van der Waals surface area contributed by atoms with Crippen LogP contribution in [-0.2, 0) is 19.1 Å². The number of carbonyl (C=O) groups excluding carboxylic acids is 2. The fourth-order valence-corrected chi connectivity index (χ4v) is 1.69. The standard InChI is InChI=1S/C10H17NO4/c1-7(12)14-9-4-5-11(3)10(6-9)15-8(2)13/h9-10H,4-6H2,1-3H3. The monoisotopic (exact) mass is 215 g/mol. The zero-order valence-electron chi connectivity index (χ0n) is 9.36. The molecular formula is C10H17NO4. The maximum Gasteiger partial charge on any atom is 0.304 e. The van der Waals surface area contributed by atoms with Gasteiger partial charge in [0.1, 0.15) is 6.10 Å². The Bertz CT molecular complexity index is 254. The lowest BCUT2D eigenvalue weighted by Crippen LogP contribution is -2.45. The second-order valence-electron chi connectivity index (χ2n) is 3.80. The lowest BCUT2D eigenvalue weighted by Gasteiger charge is -2.35. The van der Waals surface area contributed by atoms with Crippen LogP contribution in [0.3, 0.4) is 0 Å². The number of ether oxygens (including phenoxy) is 2. The molecule has 5 heteroatoms. The van der Waals surface area contributed by atoms with Gasteiger partial charge in [-0.15, -0.1) is 0 Å². The largest absolute Gasteiger partial charge is 0.462 e. The molecule has 5 nitrogen and oxygen atoms in total. The Kier molecular flexibility index (Phi) is 4.08. The predicted molar refractivity (Wildman–Crippen MR) is 53.0 cm³/mol. The number of piperidine rings is 1. The van der Waals surface area contributed by atoms with Crippen molar-refractivity contribution in [2.45, 2.75) is 39.0 Å². The van der Waals surface area contributed by atoms with Crippen molar-refractivity contribution in [2.75, 3.05) is 13.6 Å². The number of esters is 2. The second-order valence-corrected chi connectivity index (χ2v) is 3.80. The van der Waals surface area contributed by atoms with E-state index in [1.54, 1.807) is 0 Å². The second kappa shape index (κ2) is 5.11. The normalized spacial score (nSPS) is 27.1. The third-order valence-corrected chi connectivity index (χ3v) is 2.39. The SMILES string of the molecule is CC(=O)OC1CCN(C)C(OC(C)=O)C1. The summed E-state index contributed by atoms with van der Waals surface area (Å²) in [7, 11) is 1.89. The molecule has 1 saturated heterocycles. The molecule has 0 N–H and O–H groups in total. The third kappa shape index (κ3) is 3.87. The lowest BCUT2D eigenvalue weighted by molar-refractivity contribution is -0.168. The van der Waals surface area contributed by atoms with Gasteiger partial charge in [-0.25, -0.2) is 0 Å². The van der Waals surface area contributed by atoms with Crippen LogP contribution in [0.4, 0.5) is 0 Å². The van der Waals surface area contributed by atoms with E-state index < -0.39 is 0 Å². The minimum absolute atomic E-state index is 0.136. The lowest BCUT2D eigenvalue weighted by atomic mass is 10.1. The van der Waals surface area contributed by atoms with E-state index in [0.717, 1.165) is 13.0 Å². The first-order chi connectivity index (χ1) is 6.99. The number of nitrogens with zero attached hydrogens (tertiary/aromatic N) is 1. The number of hydrogen-bond donors (Lipinski definition) is 0. The Balaban J connectivity index is 2.47. The summed E-state index contributed by atoms with van der Waals surface area (Å²) in [5.74, 6) is -0.596.